The summed E-state index contributed by atoms with van der Waals surface area (Å²) in [7, 11) is 0. The molecule has 0 fully saturated rings. The van der Waals surface area contributed by atoms with Gasteiger partial charge in [-0.3, -0.25) is 4.79 Å². The number of carbonyl (C=O) groups excluding carboxylic acids is 1. The van der Waals surface area contributed by atoms with E-state index in [2.05, 4.69) is 10.3 Å². The summed E-state index contributed by atoms with van der Waals surface area (Å²) in [5, 5.41) is 7.66. The summed E-state index contributed by atoms with van der Waals surface area (Å²) in [5.74, 6) is 0.299. The number of nitrogens with two attached hydrogens (primary N) is 1. The molecule has 1 heterocycles. The van der Waals surface area contributed by atoms with Crippen LogP contribution in [0.3, 0.4) is 0 Å². The summed E-state index contributed by atoms with van der Waals surface area (Å²) in [6, 6.07) is 7.91. The zero-order valence-electron chi connectivity index (χ0n) is 11.7. The molecule has 0 atom stereocenters. The molecule has 1 aromatic carbocycles. The van der Waals surface area contributed by atoms with Crippen LogP contribution >= 0.6 is 0 Å². The van der Waals surface area contributed by atoms with Crippen LogP contribution in [0.1, 0.15) is 28.2 Å². The molecule has 6 nitrogen and oxygen atoms in total. The molecule has 0 saturated carbocycles. The Hall–Kier alpha value is -2.37. The van der Waals surface area contributed by atoms with E-state index in [1.807, 2.05) is 31.2 Å². The minimum atomic E-state index is -0.551. The molecular weight excluding hydrogens is 256 g/mol. The number of benzene rings is 1. The van der Waals surface area contributed by atoms with Gasteiger partial charge in [0.05, 0.1) is 12.3 Å². The van der Waals surface area contributed by atoms with E-state index in [0.29, 0.717) is 18.8 Å². The molecule has 1 aromatic heterocycles. The van der Waals surface area contributed by atoms with E-state index in [4.69, 9.17) is 10.5 Å². The summed E-state index contributed by atoms with van der Waals surface area (Å²) < 4.78 is 7.29. The second-order valence-electron chi connectivity index (χ2n) is 4.63. The number of hydrogen-bond acceptors (Lipinski definition) is 4. The minimum Gasteiger partial charge on any atom is -0.494 e. The molecule has 0 unspecified atom stereocenters. The maximum atomic E-state index is 11.1. The molecular formula is C14H18N4O2. The Morgan fingerprint density at radius 1 is 1.30 bits per heavy atom. The van der Waals surface area contributed by atoms with Crippen LogP contribution in [0.25, 0.3) is 0 Å². The molecule has 0 spiro atoms. The predicted octanol–water partition coefficient (Wildman–Crippen LogP) is 1.46. The lowest BCUT2D eigenvalue weighted by atomic mass is 10.2. The highest BCUT2D eigenvalue weighted by Crippen LogP contribution is 2.11. The lowest BCUT2D eigenvalue weighted by Gasteiger charge is -2.07. The fourth-order valence-corrected chi connectivity index (χ4v) is 1.84. The Bertz CT molecular complexity index is 590. The SMILES string of the molecule is Cc1ccc(OCCCn2nnc(C(N)=O)c2C)cc1. The lowest BCUT2D eigenvalue weighted by Crippen LogP contribution is -2.14. The van der Waals surface area contributed by atoms with Crippen molar-refractivity contribution < 1.29 is 9.53 Å². The lowest BCUT2D eigenvalue weighted by molar-refractivity contribution is 0.0995. The van der Waals surface area contributed by atoms with Crippen molar-refractivity contribution in [2.75, 3.05) is 6.61 Å². The van der Waals surface area contributed by atoms with Crippen molar-refractivity contribution in [1.82, 2.24) is 15.0 Å². The Kier molecular flexibility index (Phi) is 4.34. The molecule has 2 rings (SSSR count). The molecule has 0 saturated heterocycles. The largest absolute Gasteiger partial charge is 0.494 e. The van der Waals surface area contributed by atoms with Crippen LogP contribution in [0, 0.1) is 13.8 Å². The number of ether oxygens (including phenoxy) is 1. The first-order chi connectivity index (χ1) is 9.58. The molecule has 0 aliphatic heterocycles. The van der Waals surface area contributed by atoms with Crippen molar-refractivity contribution in [2.24, 2.45) is 5.73 Å². The normalized spacial score (nSPS) is 10.5. The molecule has 6 heteroatoms. The van der Waals surface area contributed by atoms with E-state index >= 15 is 0 Å². The van der Waals surface area contributed by atoms with Gasteiger partial charge in [-0.15, -0.1) is 5.10 Å². The second kappa shape index (κ2) is 6.18. The van der Waals surface area contributed by atoms with E-state index in [9.17, 15) is 4.79 Å². The zero-order valence-corrected chi connectivity index (χ0v) is 11.7. The Labute approximate surface area is 117 Å². The molecule has 106 valence electrons. The van der Waals surface area contributed by atoms with Gasteiger partial charge in [-0.1, -0.05) is 22.9 Å². The number of rotatable bonds is 6. The number of nitrogens with zero attached hydrogens (tertiary/aromatic N) is 3. The third kappa shape index (κ3) is 3.34. The van der Waals surface area contributed by atoms with Crippen molar-refractivity contribution in [3.8, 4) is 5.75 Å². The van der Waals surface area contributed by atoms with Gasteiger partial charge in [0.25, 0.3) is 5.91 Å². The van der Waals surface area contributed by atoms with Crippen LogP contribution in [0.2, 0.25) is 0 Å². The van der Waals surface area contributed by atoms with Gasteiger partial charge in [0.1, 0.15) is 5.75 Å². The van der Waals surface area contributed by atoms with E-state index < -0.39 is 5.91 Å². The topological polar surface area (TPSA) is 83.0 Å². The summed E-state index contributed by atoms with van der Waals surface area (Å²) in [4.78, 5) is 11.1. The molecule has 0 radical (unpaired) electrons. The molecule has 0 bridgehead atoms. The van der Waals surface area contributed by atoms with Crippen molar-refractivity contribution in [2.45, 2.75) is 26.8 Å². The van der Waals surface area contributed by atoms with Gasteiger partial charge in [-0.2, -0.15) is 0 Å². The van der Waals surface area contributed by atoms with E-state index in [0.717, 1.165) is 12.2 Å². The maximum Gasteiger partial charge on any atom is 0.271 e. The van der Waals surface area contributed by atoms with E-state index in [-0.39, 0.29) is 5.69 Å². The second-order valence-corrected chi connectivity index (χ2v) is 4.63. The van der Waals surface area contributed by atoms with Gasteiger partial charge < -0.3 is 10.5 Å². The molecule has 2 N–H and O–H groups in total. The van der Waals surface area contributed by atoms with Crippen LogP contribution in [-0.2, 0) is 6.54 Å². The van der Waals surface area contributed by atoms with Gasteiger partial charge in [-0.25, -0.2) is 4.68 Å². The average Bonchev–Trinajstić information content (AvgIpc) is 2.78. The third-order valence-electron chi connectivity index (χ3n) is 3.02. The maximum absolute atomic E-state index is 11.1. The number of primary amides is 1. The smallest absolute Gasteiger partial charge is 0.271 e. The average molecular weight is 274 g/mol. The number of hydrogen-bond donors (Lipinski definition) is 1. The fourth-order valence-electron chi connectivity index (χ4n) is 1.84. The molecule has 0 aliphatic rings. The van der Waals surface area contributed by atoms with Crippen molar-refractivity contribution in [3.63, 3.8) is 0 Å². The standard InChI is InChI=1S/C14H18N4O2/c1-10-4-6-12(7-5-10)20-9-3-8-18-11(2)13(14(15)19)16-17-18/h4-7H,3,8-9H2,1-2H3,(H2,15,19). The monoisotopic (exact) mass is 274 g/mol. The Balaban J connectivity index is 1.81. The summed E-state index contributed by atoms with van der Waals surface area (Å²) >= 11 is 0. The van der Waals surface area contributed by atoms with E-state index in [1.54, 1.807) is 11.6 Å². The van der Waals surface area contributed by atoms with Crippen molar-refractivity contribution >= 4 is 5.91 Å². The predicted molar refractivity (Wildman–Crippen MR) is 74.6 cm³/mol. The van der Waals surface area contributed by atoms with Gasteiger partial charge in [0.2, 0.25) is 0 Å². The van der Waals surface area contributed by atoms with Crippen LogP contribution in [0.4, 0.5) is 0 Å². The van der Waals surface area contributed by atoms with Crippen LogP contribution in [-0.4, -0.2) is 27.5 Å². The number of carbonyl (C=O) groups is 1. The summed E-state index contributed by atoms with van der Waals surface area (Å²) in [5.41, 5.74) is 7.31. The van der Waals surface area contributed by atoms with Crippen LogP contribution in [0.15, 0.2) is 24.3 Å². The highest BCUT2D eigenvalue weighted by molar-refractivity contribution is 5.91. The summed E-state index contributed by atoms with van der Waals surface area (Å²) in [6.07, 6.45) is 0.774. The van der Waals surface area contributed by atoms with Gasteiger partial charge >= 0.3 is 0 Å². The highest BCUT2D eigenvalue weighted by atomic mass is 16.5. The first-order valence-electron chi connectivity index (χ1n) is 6.47. The Morgan fingerprint density at radius 3 is 2.60 bits per heavy atom. The van der Waals surface area contributed by atoms with Crippen LogP contribution in [0.5, 0.6) is 5.75 Å². The number of aromatic nitrogens is 3. The van der Waals surface area contributed by atoms with Crippen molar-refractivity contribution in [1.29, 1.82) is 0 Å². The zero-order chi connectivity index (χ0) is 14.5. The molecule has 20 heavy (non-hydrogen) atoms. The van der Waals surface area contributed by atoms with Gasteiger partial charge in [0.15, 0.2) is 5.69 Å². The van der Waals surface area contributed by atoms with Gasteiger partial charge in [0, 0.05) is 13.0 Å². The first-order valence-corrected chi connectivity index (χ1v) is 6.47. The van der Waals surface area contributed by atoms with Crippen LogP contribution < -0.4 is 10.5 Å². The quantitative estimate of drug-likeness (QED) is 0.808. The Morgan fingerprint density at radius 2 is 2.00 bits per heavy atom. The first kappa shape index (κ1) is 14.0. The highest BCUT2D eigenvalue weighted by Gasteiger charge is 2.12. The van der Waals surface area contributed by atoms with E-state index in [1.165, 1.54) is 5.56 Å². The fraction of sp³-hybridized carbons (Fsp3) is 0.357. The molecule has 1 amide bonds. The molecule has 0 aliphatic carbocycles. The minimum absolute atomic E-state index is 0.226. The summed E-state index contributed by atoms with van der Waals surface area (Å²) in [6.45, 7) is 5.03. The number of aryl methyl sites for hydroxylation is 2. The van der Waals surface area contributed by atoms with Gasteiger partial charge in [-0.05, 0) is 26.0 Å². The number of amides is 1. The van der Waals surface area contributed by atoms with Crippen molar-refractivity contribution in [3.05, 3.63) is 41.2 Å². The molecule has 2 aromatic rings. The third-order valence-corrected chi connectivity index (χ3v) is 3.02.